The number of amides is 1. The first-order chi connectivity index (χ1) is 11.1. The molecule has 2 aromatic rings. The summed E-state index contributed by atoms with van der Waals surface area (Å²) in [5.41, 5.74) is 2.74. The lowest BCUT2D eigenvalue weighted by Crippen LogP contribution is -2.30. The van der Waals surface area contributed by atoms with Crippen molar-refractivity contribution in [3.05, 3.63) is 32.7 Å². The molecule has 0 aromatic carbocycles. The van der Waals surface area contributed by atoms with Gasteiger partial charge in [0.2, 0.25) is 5.91 Å². The number of aryl methyl sites for hydroxylation is 2. The zero-order chi connectivity index (χ0) is 16.0. The lowest BCUT2D eigenvalue weighted by Gasteiger charge is -2.13. The zero-order valence-electron chi connectivity index (χ0n) is 12.7. The van der Waals surface area contributed by atoms with E-state index in [0.717, 1.165) is 47.1 Å². The highest BCUT2D eigenvalue weighted by atomic mass is 32.2. The monoisotopic (exact) mass is 348 g/mol. The summed E-state index contributed by atoms with van der Waals surface area (Å²) in [4.78, 5) is 33.8. The number of nitrogens with one attached hydrogen (secondary N) is 1. The molecule has 0 radical (unpaired) electrons. The lowest BCUT2D eigenvalue weighted by atomic mass is 10.2. The molecule has 1 aliphatic heterocycles. The number of nitrogens with zero attached hydrogens (tertiary/aromatic N) is 3. The van der Waals surface area contributed by atoms with E-state index in [1.807, 2.05) is 12.3 Å². The number of thiazole rings is 1. The minimum Gasteiger partial charge on any atom is -0.302 e. The number of aromatic nitrogens is 3. The molecule has 4 rings (SSSR count). The predicted molar refractivity (Wildman–Crippen MR) is 90.4 cm³/mol. The molecule has 1 N–H and O–H groups in total. The van der Waals surface area contributed by atoms with Crippen molar-refractivity contribution in [1.29, 1.82) is 0 Å². The molecule has 0 spiro atoms. The van der Waals surface area contributed by atoms with Crippen LogP contribution in [0.25, 0.3) is 0 Å². The topological polar surface area (TPSA) is 76.9 Å². The van der Waals surface area contributed by atoms with E-state index in [1.165, 1.54) is 11.3 Å². The Morgan fingerprint density at radius 2 is 2.30 bits per heavy atom. The first-order valence-corrected chi connectivity index (χ1v) is 9.47. The van der Waals surface area contributed by atoms with Crippen molar-refractivity contribution in [2.45, 2.75) is 43.8 Å². The fourth-order valence-corrected chi connectivity index (χ4v) is 4.96. The molecule has 0 bridgehead atoms. The molecule has 0 saturated heterocycles. The van der Waals surface area contributed by atoms with E-state index in [0.29, 0.717) is 5.13 Å². The quantitative estimate of drug-likeness (QED) is 0.860. The second kappa shape index (κ2) is 5.76. The molecule has 23 heavy (non-hydrogen) atoms. The molecule has 0 fully saturated rings. The maximum Gasteiger partial charge on any atom is 0.257 e. The number of rotatable bonds is 3. The van der Waals surface area contributed by atoms with Gasteiger partial charge in [-0.2, -0.15) is 0 Å². The summed E-state index contributed by atoms with van der Waals surface area (Å²) in [6.07, 6.45) is 2.98. The van der Waals surface area contributed by atoms with E-state index in [2.05, 4.69) is 15.3 Å². The summed E-state index contributed by atoms with van der Waals surface area (Å²) in [5.74, 6) is 0.611. The van der Waals surface area contributed by atoms with Crippen LogP contribution in [0.4, 0.5) is 5.13 Å². The Kier molecular flexibility index (Phi) is 3.73. The van der Waals surface area contributed by atoms with E-state index in [-0.39, 0.29) is 23.9 Å². The Morgan fingerprint density at radius 1 is 1.43 bits per heavy atom. The molecule has 2 aliphatic rings. The van der Waals surface area contributed by atoms with Crippen LogP contribution in [0, 0.1) is 6.92 Å². The highest BCUT2D eigenvalue weighted by Gasteiger charge is 2.31. The Bertz CT molecular complexity index is 842. The fraction of sp³-hybridized carbons (Fsp3) is 0.467. The van der Waals surface area contributed by atoms with Crippen molar-refractivity contribution in [3.8, 4) is 0 Å². The first kappa shape index (κ1) is 14.9. The van der Waals surface area contributed by atoms with Crippen LogP contribution in [0.5, 0.6) is 0 Å². The molecular formula is C15H16N4O2S2. The lowest BCUT2D eigenvalue weighted by molar-refractivity contribution is -0.116. The summed E-state index contributed by atoms with van der Waals surface area (Å²) in [7, 11) is 0. The molecule has 1 aliphatic carbocycles. The van der Waals surface area contributed by atoms with E-state index < -0.39 is 0 Å². The summed E-state index contributed by atoms with van der Waals surface area (Å²) in [6, 6.07) is -0.123. The van der Waals surface area contributed by atoms with Crippen LogP contribution in [0.3, 0.4) is 0 Å². The standard InChI is InChI=1S/C15H16N4O2S2/c1-8-6-22-14(16-8)18-12(20)5-9-7-23-15-17-11-4-2-3-10(11)13(21)19(9)15/h6,9H,2-5,7H2,1H3,(H,16,18,20). The Labute approximate surface area is 141 Å². The van der Waals surface area contributed by atoms with Gasteiger partial charge in [0.1, 0.15) is 0 Å². The molecule has 0 saturated carbocycles. The van der Waals surface area contributed by atoms with Crippen molar-refractivity contribution >= 4 is 34.1 Å². The van der Waals surface area contributed by atoms with E-state index >= 15 is 0 Å². The minimum absolute atomic E-state index is 0.0513. The van der Waals surface area contributed by atoms with Gasteiger partial charge < -0.3 is 5.32 Å². The number of hydrogen-bond donors (Lipinski definition) is 1. The van der Waals surface area contributed by atoms with Gasteiger partial charge in [-0.25, -0.2) is 9.97 Å². The molecule has 1 unspecified atom stereocenters. The second-order valence-corrected chi connectivity index (χ2v) is 7.70. The summed E-state index contributed by atoms with van der Waals surface area (Å²) in [5, 5.41) is 6.08. The molecule has 1 atom stereocenters. The number of fused-ring (bicyclic) bond motifs is 2. The Balaban J connectivity index is 1.55. The number of thioether (sulfide) groups is 1. The van der Waals surface area contributed by atoms with Gasteiger partial charge in [-0.05, 0) is 26.2 Å². The van der Waals surface area contributed by atoms with E-state index in [9.17, 15) is 9.59 Å². The van der Waals surface area contributed by atoms with Crippen LogP contribution < -0.4 is 10.9 Å². The van der Waals surface area contributed by atoms with Crippen molar-refractivity contribution in [1.82, 2.24) is 14.5 Å². The normalized spacial score (nSPS) is 18.7. The van der Waals surface area contributed by atoms with Crippen LogP contribution in [0.2, 0.25) is 0 Å². The van der Waals surface area contributed by atoms with Crippen molar-refractivity contribution in [3.63, 3.8) is 0 Å². The average Bonchev–Trinajstić information content (AvgIpc) is 3.20. The van der Waals surface area contributed by atoms with Gasteiger partial charge in [0.05, 0.1) is 17.4 Å². The molecule has 120 valence electrons. The summed E-state index contributed by atoms with van der Waals surface area (Å²) >= 11 is 2.98. The predicted octanol–water partition coefficient (Wildman–Crippen LogP) is 2.17. The zero-order valence-corrected chi connectivity index (χ0v) is 14.3. The van der Waals surface area contributed by atoms with Crippen LogP contribution in [-0.2, 0) is 17.6 Å². The molecular weight excluding hydrogens is 332 g/mol. The molecule has 8 heteroatoms. The van der Waals surface area contributed by atoms with Gasteiger partial charge in [-0.3, -0.25) is 14.2 Å². The molecule has 2 aromatic heterocycles. The smallest absolute Gasteiger partial charge is 0.257 e. The van der Waals surface area contributed by atoms with Crippen molar-refractivity contribution in [2.24, 2.45) is 0 Å². The fourth-order valence-electron chi connectivity index (χ4n) is 3.10. The summed E-state index contributed by atoms with van der Waals surface area (Å²) < 4.78 is 1.72. The van der Waals surface area contributed by atoms with Gasteiger partial charge >= 0.3 is 0 Å². The van der Waals surface area contributed by atoms with E-state index in [4.69, 9.17) is 0 Å². The molecule has 3 heterocycles. The highest BCUT2D eigenvalue weighted by molar-refractivity contribution is 7.99. The third-order valence-corrected chi connectivity index (χ3v) is 6.13. The minimum atomic E-state index is -0.123. The largest absolute Gasteiger partial charge is 0.302 e. The van der Waals surface area contributed by atoms with Crippen molar-refractivity contribution < 1.29 is 4.79 Å². The summed E-state index contributed by atoms with van der Waals surface area (Å²) in [6.45, 7) is 1.89. The first-order valence-electron chi connectivity index (χ1n) is 7.61. The molecule has 1 amide bonds. The van der Waals surface area contributed by atoms with Gasteiger partial charge in [-0.15, -0.1) is 11.3 Å². The van der Waals surface area contributed by atoms with Crippen LogP contribution in [-0.4, -0.2) is 26.2 Å². The highest BCUT2D eigenvalue weighted by Crippen LogP contribution is 2.34. The number of carbonyl (C=O) groups is 1. The number of hydrogen-bond acceptors (Lipinski definition) is 6. The van der Waals surface area contributed by atoms with Crippen LogP contribution in [0.1, 0.15) is 35.8 Å². The number of anilines is 1. The Hall–Kier alpha value is -1.67. The van der Waals surface area contributed by atoms with Crippen LogP contribution in [0.15, 0.2) is 15.3 Å². The van der Waals surface area contributed by atoms with E-state index in [1.54, 1.807) is 16.3 Å². The second-order valence-electron chi connectivity index (χ2n) is 5.86. The third kappa shape index (κ3) is 2.70. The third-order valence-electron chi connectivity index (χ3n) is 4.16. The maximum absolute atomic E-state index is 12.7. The maximum atomic E-state index is 12.7. The average molecular weight is 348 g/mol. The van der Waals surface area contributed by atoms with Gasteiger partial charge in [0, 0.05) is 23.1 Å². The van der Waals surface area contributed by atoms with Gasteiger partial charge in [-0.1, -0.05) is 11.8 Å². The number of carbonyl (C=O) groups excluding carboxylic acids is 1. The molecule has 6 nitrogen and oxygen atoms in total. The van der Waals surface area contributed by atoms with Gasteiger partial charge in [0.15, 0.2) is 10.3 Å². The Morgan fingerprint density at radius 3 is 3.09 bits per heavy atom. The SMILES string of the molecule is Cc1csc(NC(=O)CC2CSc3nc4c(c(=O)n32)CCC4)n1. The van der Waals surface area contributed by atoms with Gasteiger partial charge in [0.25, 0.3) is 5.56 Å². The van der Waals surface area contributed by atoms with Crippen molar-refractivity contribution in [2.75, 3.05) is 11.1 Å². The van der Waals surface area contributed by atoms with Crippen LogP contribution >= 0.6 is 23.1 Å².